The van der Waals surface area contributed by atoms with Crippen molar-refractivity contribution in [2.75, 3.05) is 6.61 Å². The number of nitrogens with zero attached hydrogens (tertiary/aromatic N) is 1. The van der Waals surface area contributed by atoms with Crippen LogP contribution in [0.4, 0.5) is 0 Å². The molecule has 0 bridgehead atoms. The summed E-state index contributed by atoms with van der Waals surface area (Å²) in [7, 11) is 0. The fourth-order valence-corrected chi connectivity index (χ4v) is 3.46. The first-order valence-electron chi connectivity index (χ1n) is 8.88. The van der Waals surface area contributed by atoms with Gasteiger partial charge in [-0.25, -0.2) is 0 Å². The number of halogens is 1. The van der Waals surface area contributed by atoms with Crippen molar-refractivity contribution < 1.29 is 30.0 Å². The van der Waals surface area contributed by atoms with Gasteiger partial charge in [0.25, 0.3) is 5.90 Å². The molecule has 0 spiro atoms. The first kappa shape index (κ1) is 20.4. The molecule has 1 aliphatic heterocycles. The summed E-state index contributed by atoms with van der Waals surface area (Å²) < 4.78 is 10.8. The fourth-order valence-electron chi connectivity index (χ4n) is 3.16. The molecule has 0 aliphatic carbocycles. The van der Waals surface area contributed by atoms with E-state index in [4.69, 9.17) is 26.3 Å². The van der Waals surface area contributed by atoms with Crippen LogP contribution in [0.15, 0.2) is 47.6 Å². The van der Waals surface area contributed by atoms with E-state index in [1.54, 1.807) is 12.1 Å². The molecular formula is C20H22ClNO6. The molecule has 2 aromatic carbocycles. The summed E-state index contributed by atoms with van der Waals surface area (Å²) in [5, 5.41) is 42.3. The monoisotopic (exact) mass is 407 g/mol. The molecule has 1 saturated heterocycles. The summed E-state index contributed by atoms with van der Waals surface area (Å²) in [6.07, 6.45) is -5.19. The first-order valence-corrected chi connectivity index (χ1v) is 9.25. The van der Waals surface area contributed by atoms with E-state index in [2.05, 4.69) is 5.16 Å². The van der Waals surface area contributed by atoms with Crippen LogP contribution in [0, 0.1) is 0 Å². The largest absolute Gasteiger partial charge is 0.494 e. The van der Waals surface area contributed by atoms with Gasteiger partial charge < -0.3 is 30.0 Å². The van der Waals surface area contributed by atoms with Crippen molar-refractivity contribution in [3.63, 3.8) is 0 Å². The Balaban J connectivity index is 1.86. The van der Waals surface area contributed by atoms with Gasteiger partial charge in [-0.2, -0.15) is 0 Å². The van der Waals surface area contributed by atoms with E-state index in [1.165, 1.54) is 0 Å². The van der Waals surface area contributed by atoms with Gasteiger partial charge in [-0.05, 0) is 36.6 Å². The fraction of sp³-hybridized carbons (Fsp3) is 0.350. The van der Waals surface area contributed by atoms with Crippen molar-refractivity contribution >= 4 is 17.5 Å². The Bertz CT molecular complexity index is 841. The van der Waals surface area contributed by atoms with Crippen LogP contribution in [0.3, 0.4) is 0 Å². The predicted octanol–water partition coefficient (Wildman–Crippen LogP) is 2.27. The highest BCUT2D eigenvalue weighted by Crippen LogP contribution is 2.36. The molecule has 0 amide bonds. The highest BCUT2D eigenvalue weighted by Gasteiger charge is 2.44. The Morgan fingerprint density at radius 3 is 2.43 bits per heavy atom. The first-order chi connectivity index (χ1) is 13.5. The number of rotatable bonds is 5. The normalized spacial score (nSPS) is 26.1. The van der Waals surface area contributed by atoms with Crippen LogP contribution in [-0.4, -0.2) is 51.3 Å². The lowest BCUT2D eigenvalue weighted by atomic mass is 9.92. The van der Waals surface area contributed by atoms with Crippen LogP contribution in [0.1, 0.15) is 29.7 Å². The second kappa shape index (κ2) is 8.79. The Morgan fingerprint density at radius 2 is 1.79 bits per heavy atom. The quantitative estimate of drug-likeness (QED) is 0.447. The second-order valence-electron chi connectivity index (χ2n) is 6.48. The van der Waals surface area contributed by atoms with E-state index >= 15 is 0 Å². The molecule has 0 radical (unpaired) electrons. The smallest absolute Gasteiger partial charge is 0.258 e. The zero-order valence-corrected chi connectivity index (χ0v) is 16.0. The maximum atomic E-state index is 10.3. The zero-order valence-electron chi connectivity index (χ0n) is 15.2. The zero-order chi connectivity index (χ0) is 20.3. The summed E-state index contributed by atoms with van der Waals surface area (Å²) in [4.78, 5) is 0. The number of hydrogen-bond donors (Lipinski definition) is 4. The number of benzene rings is 2. The molecule has 4 N–H and O–H groups in total. The maximum absolute atomic E-state index is 10.3. The number of ether oxygens (including phenoxy) is 2. The summed E-state index contributed by atoms with van der Waals surface area (Å²) in [6.45, 7) is 2.51. The average Bonchev–Trinajstić information content (AvgIpc) is 2.70. The molecule has 3 rings (SSSR count). The Morgan fingerprint density at radius 1 is 1.07 bits per heavy atom. The van der Waals surface area contributed by atoms with E-state index < -0.39 is 30.3 Å². The number of hydrogen-bond acceptors (Lipinski definition) is 7. The molecule has 1 heterocycles. The van der Waals surface area contributed by atoms with Crippen LogP contribution < -0.4 is 4.74 Å². The van der Waals surface area contributed by atoms with E-state index in [-0.39, 0.29) is 0 Å². The number of aliphatic hydroxyl groups is 3. The SMILES string of the molecule is CCOc1ccc(Cc2cccc([C@@H]3O/C(=N/O)[C@@H](O)[C@H](O)[C@H]3O)c2Cl)cc1. The molecule has 0 aromatic heterocycles. The van der Waals surface area contributed by atoms with Gasteiger partial charge in [0.1, 0.15) is 18.0 Å². The minimum absolute atomic E-state index is 0.362. The lowest BCUT2D eigenvalue weighted by Gasteiger charge is -2.36. The lowest BCUT2D eigenvalue weighted by molar-refractivity contribution is -0.121. The van der Waals surface area contributed by atoms with E-state index in [9.17, 15) is 15.3 Å². The number of oxime groups is 1. The molecule has 0 unspecified atom stereocenters. The molecule has 7 nitrogen and oxygen atoms in total. The van der Waals surface area contributed by atoms with Crippen molar-refractivity contribution in [3.8, 4) is 5.75 Å². The van der Waals surface area contributed by atoms with E-state index in [1.807, 2.05) is 37.3 Å². The highest BCUT2D eigenvalue weighted by molar-refractivity contribution is 6.32. The Hall–Kier alpha value is -2.32. The summed E-state index contributed by atoms with van der Waals surface area (Å²) >= 11 is 6.55. The van der Waals surface area contributed by atoms with E-state index in [0.29, 0.717) is 23.6 Å². The highest BCUT2D eigenvalue weighted by atomic mass is 35.5. The topological polar surface area (TPSA) is 112 Å². The molecule has 28 heavy (non-hydrogen) atoms. The minimum Gasteiger partial charge on any atom is -0.494 e. The third kappa shape index (κ3) is 4.07. The van der Waals surface area contributed by atoms with Gasteiger partial charge in [0.2, 0.25) is 0 Å². The molecule has 4 atom stereocenters. The van der Waals surface area contributed by atoms with Gasteiger partial charge in [-0.15, -0.1) is 0 Å². The molecule has 0 saturated carbocycles. The molecule has 1 aliphatic rings. The van der Waals surface area contributed by atoms with Crippen LogP contribution in [0.25, 0.3) is 0 Å². The van der Waals surface area contributed by atoms with Gasteiger partial charge >= 0.3 is 0 Å². The maximum Gasteiger partial charge on any atom is 0.258 e. The summed E-state index contributed by atoms with van der Waals surface area (Å²) in [5.41, 5.74) is 2.23. The number of aliphatic hydroxyl groups excluding tert-OH is 3. The predicted molar refractivity (Wildman–Crippen MR) is 103 cm³/mol. The van der Waals surface area contributed by atoms with Crippen LogP contribution in [-0.2, 0) is 11.2 Å². The van der Waals surface area contributed by atoms with Gasteiger partial charge in [0.05, 0.1) is 11.6 Å². The minimum atomic E-state index is -1.62. The van der Waals surface area contributed by atoms with Crippen molar-refractivity contribution in [2.24, 2.45) is 5.16 Å². The molecule has 150 valence electrons. The Kier molecular flexibility index (Phi) is 6.41. The lowest BCUT2D eigenvalue weighted by Crippen LogP contribution is -2.52. The van der Waals surface area contributed by atoms with Crippen molar-refractivity contribution in [1.82, 2.24) is 0 Å². The van der Waals surface area contributed by atoms with Crippen LogP contribution in [0.5, 0.6) is 5.75 Å². The van der Waals surface area contributed by atoms with Crippen molar-refractivity contribution in [1.29, 1.82) is 0 Å². The second-order valence-corrected chi connectivity index (χ2v) is 6.85. The van der Waals surface area contributed by atoms with Gasteiger partial charge in [-0.3, -0.25) is 0 Å². The Labute approximate surface area is 167 Å². The molecule has 8 heteroatoms. The third-order valence-corrected chi connectivity index (χ3v) is 5.09. The van der Waals surface area contributed by atoms with Gasteiger partial charge in [-0.1, -0.05) is 47.1 Å². The average molecular weight is 408 g/mol. The third-order valence-electron chi connectivity index (χ3n) is 4.63. The van der Waals surface area contributed by atoms with Crippen LogP contribution in [0.2, 0.25) is 5.02 Å². The summed E-state index contributed by atoms with van der Waals surface area (Å²) in [6, 6.07) is 12.9. The molecular weight excluding hydrogens is 386 g/mol. The standard InChI is InChI=1S/C20H22ClNO6/c1-2-27-13-8-6-11(7-9-13)10-12-4-3-5-14(15(12)21)19-17(24)16(23)18(25)20(22-26)28-19/h3-9,16-19,23-26H,2,10H2,1H3/b22-20+/t16-,17-,18+,19+/m1/s1. The van der Waals surface area contributed by atoms with Crippen molar-refractivity contribution in [3.05, 3.63) is 64.2 Å². The summed E-state index contributed by atoms with van der Waals surface area (Å²) in [5.74, 6) is 0.309. The van der Waals surface area contributed by atoms with Crippen LogP contribution >= 0.6 is 11.6 Å². The van der Waals surface area contributed by atoms with Crippen molar-refractivity contribution in [2.45, 2.75) is 37.8 Å². The van der Waals surface area contributed by atoms with Gasteiger partial charge in [0, 0.05) is 5.56 Å². The van der Waals surface area contributed by atoms with E-state index in [0.717, 1.165) is 16.9 Å². The van der Waals surface area contributed by atoms with Gasteiger partial charge in [0.15, 0.2) is 12.2 Å². The molecule has 2 aromatic rings. The molecule has 1 fully saturated rings.